The fraction of sp³-hybridized carbons (Fsp3) is 0.467. The maximum Gasteiger partial charge on any atom is -0.0119 e. The Labute approximate surface area is 94.0 Å². The summed E-state index contributed by atoms with van der Waals surface area (Å²) in [5, 5.41) is 0. The van der Waals surface area contributed by atoms with E-state index in [-0.39, 0.29) is 0 Å². The van der Waals surface area contributed by atoms with Crippen LogP contribution in [0, 0.1) is 11.3 Å². The summed E-state index contributed by atoms with van der Waals surface area (Å²) in [6.07, 6.45) is 1.10. The highest BCUT2D eigenvalue weighted by Crippen LogP contribution is 2.33. The molecule has 82 valence electrons. The van der Waals surface area contributed by atoms with Crippen LogP contribution in [0.15, 0.2) is 42.5 Å². The molecule has 0 aliphatic rings. The van der Waals surface area contributed by atoms with Crippen LogP contribution in [0.5, 0.6) is 0 Å². The van der Waals surface area contributed by atoms with Gasteiger partial charge in [-0.15, -0.1) is 0 Å². The van der Waals surface area contributed by atoms with E-state index >= 15 is 0 Å². The monoisotopic (exact) mass is 202 g/mol. The molecule has 1 aromatic carbocycles. The summed E-state index contributed by atoms with van der Waals surface area (Å²) in [5.74, 6) is 0.555. The summed E-state index contributed by atoms with van der Waals surface area (Å²) < 4.78 is 0. The van der Waals surface area contributed by atoms with E-state index in [0.29, 0.717) is 11.3 Å². The van der Waals surface area contributed by atoms with Crippen molar-refractivity contribution in [2.75, 3.05) is 0 Å². The predicted molar refractivity (Wildman–Crippen MR) is 67.9 cm³/mol. The Morgan fingerprint density at radius 1 is 1.20 bits per heavy atom. The van der Waals surface area contributed by atoms with E-state index in [0.717, 1.165) is 6.42 Å². The largest absolute Gasteiger partial charge is 0.0998 e. The Balaban J connectivity index is 2.82. The fourth-order valence-electron chi connectivity index (χ4n) is 2.07. The molecular formula is C15H22. The minimum absolute atomic E-state index is 0.293. The lowest BCUT2D eigenvalue weighted by Gasteiger charge is -2.31. The molecular weight excluding hydrogens is 180 g/mol. The van der Waals surface area contributed by atoms with Gasteiger partial charge in [-0.3, -0.25) is 0 Å². The van der Waals surface area contributed by atoms with Gasteiger partial charge in [0.05, 0.1) is 0 Å². The normalized spacial score (nSPS) is 13.6. The van der Waals surface area contributed by atoms with Gasteiger partial charge in [-0.25, -0.2) is 0 Å². The van der Waals surface area contributed by atoms with Crippen molar-refractivity contribution in [1.82, 2.24) is 0 Å². The second kappa shape index (κ2) is 4.65. The van der Waals surface area contributed by atoms with Gasteiger partial charge < -0.3 is 0 Å². The number of benzene rings is 1. The average Bonchev–Trinajstić information content (AvgIpc) is 2.13. The van der Waals surface area contributed by atoms with E-state index in [9.17, 15) is 0 Å². The van der Waals surface area contributed by atoms with Gasteiger partial charge in [0, 0.05) is 0 Å². The van der Waals surface area contributed by atoms with Crippen LogP contribution in [0.2, 0.25) is 0 Å². The molecule has 1 rings (SSSR count). The zero-order chi connectivity index (χ0) is 11.5. The topological polar surface area (TPSA) is 0 Å². The molecule has 0 bridgehead atoms. The first-order chi connectivity index (χ1) is 6.91. The second-order valence-electron chi connectivity index (χ2n) is 5.45. The van der Waals surface area contributed by atoms with Crippen LogP contribution in [0.25, 0.3) is 0 Å². The molecule has 1 aromatic rings. The second-order valence-corrected chi connectivity index (χ2v) is 5.45. The van der Waals surface area contributed by atoms with Crippen LogP contribution in [-0.2, 0) is 6.42 Å². The van der Waals surface area contributed by atoms with Crippen LogP contribution in [0.4, 0.5) is 0 Å². The molecule has 0 aromatic heterocycles. The first-order valence-corrected chi connectivity index (χ1v) is 5.60. The molecule has 0 saturated heterocycles. The van der Waals surface area contributed by atoms with Crippen molar-refractivity contribution in [2.24, 2.45) is 11.3 Å². The van der Waals surface area contributed by atoms with E-state index in [1.807, 2.05) is 0 Å². The molecule has 0 amide bonds. The Bertz CT molecular complexity index is 314. The van der Waals surface area contributed by atoms with Gasteiger partial charge >= 0.3 is 0 Å². The molecule has 0 N–H and O–H groups in total. The third kappa shape index (κ3) is 3.54. The van der Waals surface area contributed by atoms with Gasteiger partial charge in [0.2, 0.25) is 0 Å². The third-order valence-corrected chi connectivity index (χ3v) is 2.92. The Morgan fingerprint density at radius 2 is 1.73 bits per heavy atom. The van der Waals surface area contributed by atoms with E-state index < -0.39 is 0 Å². The lowest BCUT2D eigenvalue weighted by Crippen LogP contribution is -2.23. The molecule has 0 heteroatoms. The smallest absolute Gasteiger partial charge is 0.0119 e. The molecule has 0 heterocycles. The van der Waals surface area contributed by atoms with Gasteiger partial charge in [0.15, 0.2) is 0 Å². The van der Waals surface area contributed by atoms with Crippen LogP contribution in [-0.4, -0.2) is 0 Å². The van der Waals surface area contributed by atoms with Crippen molar-refractivity contribution in [2.45, 2.75) is 34.1 Å². The van der Waals surface area contributed by atoms with Gasteiger partial charge in [0.25, 0.3) is 0 Å². The van der Waals surface area contributed by atoms with Crippen molar-refractivity contribution in [3.8, 4) is 0 Å². The van der Waals surface area contributed by atoms with E-state index in [1.54, 1.807) is 0 Å². The van der Waals surface area contributed by atoms with Gasteiger partial charge in [0.1, 0.15) is 0 Å². The highest BCUT2D eigenvalue weighted by molar-refractivity contribution is 5.18. The van der Waals surface area contributed by atoms with Gasteiger partial charge in [-0.1, -0.05) is 63.3 Å². The van der Waals surface area contributed by atoms with E-state index in [2.05, 4.69) is 64.6 Å². The molecule has 0 spiro atoms. The average molecular weight is 202 g/mol. The van der Waals surface area contributed by atoms with Crippen molar-refractivity contribution in [3.05, 3.63) is 48.0 Å². The Kier molecular flexibility index (Phi) is 3.73. The molecule has 0 fully saturated rings. The lowest BCUT2D eigenvalue weighted by molar-refractivity contribution is 0.278. The molecule has 0 aliphatic carbocycles. The van der Waals surface area contributed by atoms with Crippen molar-refractivity contribution in [1.29, 1.82) is 0 Å². The van der Waals surface area contributed by atoms with Gasteiger partial charge in [-0.05, 0) is 30.2 Å². The summed E-state index contributed by atoms with van der Waals surface area (Å²) in [6.45, 7) is 13.1. The molecule has 0 nitrogen and oxygen atoms in total. The SMILES string of the molecule is C=C(C)C(Cc1ccccc1)C(C)(C)C. The first kappa shape index (κ1) is 12.0. The van der Waals surface area contributed by atoms with Gasteiger partial charge in [-0.2, -0.15) is 0 Å². The molecule has 0 radical (unpaired) electrons. The number of hydrogen-bond acceptors (Lipinski definition) is 0. The highest BCUT2D eigenvalue weighted by Gasteiger charge is 2.25. The first-order valence-electron chi connectivity index (χ1n) is 5.60. The summed E-state index contributed by atoms with van der Waals surface area (Å²) in [6, 6.07) is 10.7. The summed E-state index contributed by atoms with van der Waals surface area (Å²) in [5.41, 5.74) is 2.98. The maximum atomic E-state index is 4.12. The predicted octanol–water partition coefficient (Wildman–Crippen LogP) is 4.47. The third-order valence-electron chi connectivity index (χ3n) is 2.92. The summed E-state index contributed by atoms with van der Waals surface area (Å²) in [4.78, 5) is 0. The van der Waals surface area contributed by atoms with E-state index in [4.69, 9.17) is 0 Å². The summed E-state index contributed by atoms with van der Waals surface area (Å²) in [7, 11) is 0. The molecule has 0 aliphatic heterocycles. The molecule has 15 heavy (non-hydrogen) atoms. The standard InChI is InChI=1S/C15H22/c1-12(2)14(15(3,4)5)11-13-9-7-6-8-10-13/h6-10,14H,1,11H2,2-5H3. The lowest BCUT2D eigenvalue weighted by atomic mass is 9.74. The Morgan fingerprint density at radius 3 is 2.13 bits per heavy atom. The molecule has 1 unspecified atom stereocenters. The number of rotatable bonds is 3. The minimum Gasteiger partial charge on any atom is -0.0998 e. The van der Waals surface area contributed by atoms with Crippen LogP contribution < -0.4 is 0 Å². The molecule has 1 atom stereocenters. The van der Waals surface area contributed by atoms with Crippen LogP contribution in [0.3, 0.4) is 0 Å². The highest BCUT2D eigenvalue weighted by atomic mass is 14.3. The zero-order valence-corrected chi connectivity index (χ0v) is 10.4. The number of allylic oxidation sites excluding steroid dienone is 1. The Hall–Kier alpha value is -1.04. The quantitative estimate of drug-likeness (QED) is 0.634. The van der Waals surface area contributed by atoms with E-state index in [1.165, 1.54) is 11.1 Å². The molecule has 0 saturated carbocycles. The summed E-state index contributed by atoms with van der Waals surface area (Å²) >= 11 is 0. The van der Waals surface area contributed by atoms with Crippen LogP contribution >= 0.6 is 0 Å². The van der Waals surface area contributed by atoms with Crippen LogP contribution in [0.1, 0.15) is 33.3 Å². The van der Waals surface area contributed by atoms with Crippen molar-refractivity contribution < 1.29 is 0 Å². The zero-order valence-electron chi connectivity index (χ0n) is 10.4. The fourth-order valence-corrected chi connectivity index (χ4v) is 2.07. The minimum atomic E-state index is 0.293. The maximum absolute atomic E-state index is 4.12. The van der Waals surface area contributed by atoms with Crippen molar-refractivity contribution in [3.63, 3.8) is 0 Å². The number of hydrogen-bond donors (Lipinski definition) is 0. The van der Waals surface area contributed by atoms with Crippen molar-refractivity contribution >= 4 is 0 Å².